The van der Waals surface area contributed by atoms with Crippen molar-refractivity contribution in [2.24, 2.45) is 0 Å². The van der Waals surface area contributed by atoms with Crippen molar-refractivity contribution in [3.63, 3.8) is 0 Å². The van der Waals surface area contributed by atoms with Crippen LogP contribution in [0.2, 0.25) is 0 Å². The van der Waals surface area contributed by atoms with Gasteiger partial charge in [-0.3, -0.25) is 0 Å². The van der Waals surface area contributed by atoms with Crippen molar-refractivity contribution in [3.05, 3.63) is 206 Å². The minimum absolute atomic E-state index is 0.604. The van der Waals surface area contributed by atoms with Gasteiger partial charge in [-0.1, -0.05) is 176 Å². The molecule has 12 aromatic rings. The second-order valence-corrected chi connectivity index (χ2v) is 16.5. The quantitative estimate of drug-likeness (QED) is 0.159. The highest BCUT2D eigenvalue weighted by Gasteiger charge is 2.19. The molecule has 0 saturated heterocycles. The summed E-state index contributed by atoms with van der Waals surface area (Å²) < 4.78 is 2.39. The number of rotatable bonds is 7. The predicted octanol–water partition coefficient (Wildman–Crippen LogP) is 14.4. The fraction of sp³-hybridized carbons (Fsp3) is 0. The summed E-state index contributed by atoms with van der Waals surface area (Å²) in [4.78, 5) is 30.7. The smallest absolute Gasteiger partial charge is 0.165 e. The fourth-order valence-electron chi connectivity index (χ4n) is 8.49. The van der Waals surface area contributed by atoms with Gasteiger partial charge in [-0.25, -0.2) is 29.9 Å². The summed E-state index contributed by atoms with van der Waals surface area (Å²) >= 11 is 1.77. The Bertz CT molecular complexity index is 3620. The number of benzene rings is 9. The highest BCUT2D eigenvalue weighted by atomic mass is 32.1. The van der Waals surface area contributed by atoms with Crippen LogP contribution in [-0.4, -0.2) is 29.9 Å². The van der Waals surface area contributed by atoms with Gasteiger partial charge < -0.3 is 0 Å². The third-order valence-electron chi connectivity index (χ3n) is 11.6. The normalized spacial score (nSPS) is 11.5. The van der Waals surface area contributed by atoms with E-state index in [2.05, 4.69) is 146 Å². The van der Waals surface area contributed by atoms with E-state index in [0.717, 1.165) is 70.8 Å². The second kappa shape index (κ2) is 15.3. The molecular weight excluding hydrogens is 789 g/mol. The molecule has 0 aliphatic rings. The van der Waals surface area contributed by atoms with E-state index in [1.807, 2.05) is 60.7 Å². The number of nitrogens with zero attached hydrogens (tertiary/aromatic N) is 6. The van der Waals surface area contributed by atoms with E-state index in [1.54, 1.807) is 11.3 Å². The third-order valence-corrected chi connectivity index (χ3v) is 12.8. The topological polar surface area (TPSA) is 77.3 Å². The minimum atomic E-state index is 0.604. The summed E-state index contributed by atoms with van der Waals surface area (Å²) in [6, 6.07) is 71.2. The molecule has 0 saturated carbocycles. The van der Waals surface area contributed by atoms with Crippen LogP contribution in [0.25, 0.3) is 121 Å². The zero-order valence-electron chi connectivity index (χ0n) is 33.7. The molecule has 0 atom stereocenters. The van der Waals surface area contributed by atoms with Crippen LogP contribution >= 0.6 is 11.3 Å². The molecule has 0 N–H and O–H groups in total. The average molecular weight is 823 g/mol. The van der Waals surface area contributed by atoms with Gasteiger partial charge in [-0.2, -0.15) is 0 Å². The number of hydrogen-bond acceptors (Lipinski definition) is 7. The SMILES string of the molecule is c1ccc(-c2nc(-c3ccccc3)nc(-c3ccc4cc(-c5nc(-c6ccc(-c7ccccc7)c7ccccc67)nc(-c6cccc7c6sc6ccccc67)n5)ccc4c3)n2)cc1. The maximum Gasteiger partial charge on any atom is 0.165 e. The Labute approximate surface area is 367 Å². The Morgan fingerprint density at radius 2 is 0.683 bits per heavy atom. The molecule has 0 unspecified atom stereocenters. The second-order valence-electron chi connectivity index (χ2n) is 15.5. The van der Waals surface area contributed by atoms with Gasteiger partial charge >= 0.3 is 0 Å². The van der Waals surface area contributed by atoms with Gasteiger partial charge in [0.2, 0.25) is 0 Å². The number of aromatic nitrogens is 6. The van der Waals surface area contributed by atoms with E-state index < -0.39 is 0 Å². The van der Waals surface area contributed by atoms with Gasteiger partial charge in [-0.15, -0.1) is 11.3 Å². The van der Waals surface area contributed by atoms with Gasteiger partial charge in [-0.05, 0) is 63.0 Å². The van der Waals surface area contributed by atoms with Crippen LogP contribution in [-0.2, 0) is 0 Å². The van der Waals surface area contributed by atoms with Crippen LogP contribution in [0.1, 0.15) is 0 Å². The number of fused-ring (bicyclic) bond motifs is 5. The van der Waals surface area contributed by atoms with Gasteiger partial charge in [0.05, 0.1) is 0 Å². The first-order valence-corrected chi connectivity index (χ1v) is 21.7. The van der Waals surface area contributed by atoms with E-state index in [-0.39, 0.29) is 0 Å². The van der Waals surface area contributed by atoms with E-state index in [9.17, 15) is 0 Å². The Hall–Kier alpha value is -8.26. The van der Waals surface area contributed by atoms with Crippen LogP contribution in [0, 0.1) is 0 Å². The molecule has 0 aliphatic carbocycles. The van der Waals surface area contributed by atoms with E-state index in [4.69, 9.17) is 29.9 Å². The molecule has 0 aliphatic heterocycles. The summed E-state index contributed by atoms with van der Waals surface area (Å²) in [5, 5.41) is 6.74. The number of thiophene rings is 1. The first-order valence-electron chi connectivity index (χ1n) is 20.9. The van der Waals surface area contributed by atoms with Gasteiger partial charge in [0.1, 0.15) is 0 Å². The van der Waals surface area contributed by atoms with E-state index in [0.29, 0.717) is 34.9 Å². The lowest BCUT2D eigenvalue weighted by Gasteiger charge is -2.13. The molecule has 0 bridgehead atoms. The third kappa shape index (κ3) is 6.68. The standard InChI is InChI=1S/C56H34N6S/c1-4-15-35(16-5-1)42-31-32-47(44-22-11-10-21-43(42)44)55-60-54(61-56(62-55)48-25-14-24-46-45-23-12-13-26-49(45)63-50(46)48)41-30-28-38-33-40(29-27-39(38)34-41)53-58-51(36-17-6-2-7-18-36)57-52(59-53)37-19-8-3-9-20-37/h1-34H. The largest absolute Gasteiger partial charge is 0.208 e. The Morgan fingerprint density at radius 3 is 1.29 bits per heavy atom. The highest BCUT2D eigenvalue weighted by Crippen LogP contribution is 2.41. The van der Waals surface area contributed by atoms with Gasteiger partial charge in [0, 0.05) is 53.6 Å². The average Bonchev–Trinajstić information content (AvgIpc) is 3.75. The molecule has 0 fully saturated rings. The van der Waals surface area contributed by atoms with E-state index >= 15 is 0 Å². The highest BCUT2D eigenvalue weighted by molar-refractivity contribution is 7.26. The van der Waals surface area contributed by atoms with Gasteiger partial charge in [0.15, 0.2) is 34.9 Å². The van der Waals surface area contributed by atoms with Crippen molar-refractivity contribution in [1.82, 2.24) is 29.9 Å². The molecule has 7 heteroatoms. The summed E-state index contributed by atoms with van der Waals surface area (Å²) in [7, 11) is 0. The Balaban J connectivity index is 1.01. The first-order chi connectivity index (χ1) is 31.2. The lowest BCUT2D eigenvalue weighted by Crippen LogP contribution is -2.01. The molecular formula is C56H34N6S. The molecule has 3 aromatic heterocycles. The van der Waals surface area contributed by atoms with Crippen LogP contribution < -0.4 is 0 Å². The maximum atomic E-state index is 5.30. The van der Waals surface area contributed by atoms with Gasteiger partial charge in [0.25, 0.3) is 0 Å². The Morgan fingerprint density at radius 1 is 0.254 bits per heavy atom. The van der Waals surface area contributed by atoms with Crippen LogP contribution in [0.15, 0.2) is 206 Å². The monoisotopic (exact) mass is 822 g/mol. The minimum Gasteiger partial charge on any atom is -0.208 e. The van der Waals surface area contributed by atoms with Crippen LogP contribution in [0.5, 0.6) is 0 Å². The van der Waals surface area contributed by atoms with Crippen molar-refractivity contribution in [2.75, 3.05) is 0 Å². The summed E-state index contributed by atoms with van der Waals surface area (Å²) in [5.74, 6) is 3.74. The lowest BCUT2D eigenvalue weighted by atomic mass is 9.94. The zero-order chi connectivity index (χ0) is 41.7. The molecule has 9 aromatic carbocycles. The fourth-order valence-corrected chi connectivity index (χ4v) is 9.71. The molecule has 3 heterocycles. The van der Waals surface area contributed by atoms with Crippen molar-refractivity contribution >= 4 is 53.1 Å². The molecule has 6 nitrogen and oxygen atoms in total. The van der Waals surface area contributed by atoms with Crippen molar-refractivity contribution in [3.8, 4) is 79.5 Å². The lowest BCUT2D eigenvalue weighted by molar-refractivity contribution is 1.07. The first kappa shape index (κ1) is 36.6. The molecule has 0 radical (unpaired) electrons. The van der Waals surface area contributed by atoms with E-state index in [1.165, 1.54) is 15.5 Å². The molecule has 0 amide bonds. The molecule has 12 rings (SSSR count). The van der Waals surface area contributed by atoms with Crippen molar-refractivity contribution in [2.45, 2.75) is 0 Å². The molecule has 0 spiro atoms. The van der Waals surface area contributed by atoms with Crippen molar-refractivity contribution in [1.29, 1.82) is 0 Å². The van der Waals surface area contributed by atoms with Crippen LogP contribution in [0.3, 0.4) is 0 Å². The Kier molecular flexibility index (Phi) is 8.90. The summed E-state index contributed by atoms with van der Waals surface area (Å²) in [6.45, 7) is 0. The maximum absolute atomic E-state index is 5.30. The summed E-state index contributed by atoms with van der Waals surface area (Å²) in [6.07, 6.45) is 0. The summed E-state index contributed by atoms with van der Waals surface area (Å²) in [5.41, 5.74) is 7.93. The molecule has 294 valence electrons. The zero-order valence-corrected chi connectivity index (χ0v) is 34.5. The molecule has 63 heavy (non-hydrogen) atoms. The number of hydrogen-bond donors (Lipinski definition) is 0. The van der Waals surface area contributed by atoms with Crippen LogP contribution in [0.4, 0.5) is 0 Å². The van der Waals surface area contributed by atoms with Crippen molar-refractivity contribution < 1.29 is 0 Å². The predicted molar refractivity (Wildman–Crippen MR) is 259 cm³/mol.